The van der Waals surface area contributed by atoms with E-state index in [0.717, 1.165) is 25.9 Å². The number of carbonyl (C=O) groups is 2. The Bertz CT molecular complexity index is 954. The first-order valence-electron chi connectivity index (χ1n) is 9.86. The number of benzene rings is 2. The van der Waals surface area contributed by atoms with Gasteiger partial charge < -0.3 is 20.9 Å². The minimum atomic E-state index is -0.496. The molecule has 30 heavy (non-hydrogen) atoms. The number of hydrogen-bond donors (Lipinski definition) is 3. The summed E-state index contributed by atoms with van der Waals surface area (Å²) in [6.45, 7) is 5.21. The summed E-state index contributed by atoms with van der Waals surface area (Å²) in [4.78, 5) is 37.8. The van der Waals surface area contributed by atoms with E-state index in [1.54, 1.807) is 36.4 Å². The number of carbonyl (C=O) groups excluding carboxylic acids is 2. The van der Waals surface area contributed by atoms with Gasteiger partial charge in [0, 0.05) is 30.8 Å². The molecule has 9 nitrogen and oxygen atoms in total. The van der Waals surface area contributed by atoms with E-state index in [9.17, 15) is 19.7 Å². The first-order valence-corrected chi connectivity index (χ1v) is 9.86. The fourth-order valence-electron chi connectivity index (χ4n) is 3.35. The molecule has 0 aromatic heterocycles. The van der Waals surface area contributed by atoms with E-state index in [2.05, 4.69) is 16.0 Å². The SMILES string of the molecule is CC(C)NC(=O)Nc1ccccc1NC(=O)c1ccc(N2CCCC2)c([N+](=O)[O-])c1. The summed E-state index contributed by atoms with van der Waals surface area (Å²) in [7, 11) is 0. The van der Waals surface area contributed by atoms with Gasteiger partial charge in [0.15, 0.2) is 0 Å². The first-order chi connectivity index (χ1) is 14.3. The lowest BCUT2D eigenvalue weighted by Crippen LogP contribution is -2.34. The Morgan fingerprint density at radius 1 is 1.03 bits per heavy atom. The Balaban J connectivity index is 1.80. The molecular weight excluding hydrogens is 386 g/mol. The fourth-order valence-corrected chi connectivity index (χ4v) is 3.35. The topological polar surface area (TPSA) is 117 Å². The second-order valence-corrected chi connectivity index (χ2v) is 7.41. The molecule has 0 atom stereocenters. The van der Waals surface area contributed by atoms with E-state index in [4.69, 9.17) is 0 Å². The summed E-state index contributed by atoms with van der Waals surface area (Å²) in [5.74, 6) is -0.496. The van der Waals surface area contributed by atoms with Crippen LogP contribution in [0.1, 0.15) is 37.0 Å². The van der Waals surface area contributed by atoms with Crippen molar-refractivity contribution < 1.29 is 14.5 Å². The molecule has 0 spiro atoms. The maximum atomic E-state index is 12.8. The van der Waals surface area contributed by atoms with Gasteiger partial charge in [-0.2, -0.15) is 0 Å². The van der Waals surface area contributed by atoms with Crippen LogP contribution in [-0.2, 0) is 0 Å². The van der Waals surface area contributed by atoms with Gasteiger partial charge in [-0.1, -0.05) is 12.1 Å². The highest BCUT2D eigenvalue weighted by Crippen LogP contribution is 2.32. The summed E-state index contributed by atoms with van der Waals surface area (Å²) >= 11 is 0. The first kappa shape index (κ1) is 21.1. The standard InChI is InChI=1S/C21H25N5O4/c1-14(2)22-21(28)24-17-8-4-3-7-16(17)23-20(27)15-9-10-18(19(13-15)26(29)30)25-11-5-6-12-25/h3-4,7-10,13-14H,5-6,11-12H2,1-2H3,(H,23,27)(H2,22,24,28). The van der Waals surface area contributed by atoms with Gasteiger partial charge in [0.25, 0.3) is 11.6 Å². The summed E-state index contributed by atoms with van der Waals surface area (Å²) in [5, 5.41) is 19.7. The van der Waals surface area contributed by atoms with Crippen LogP contribution < -0.4 is 20.9 Å². The molecule has 1 saturated heterocycles. The van der Waals surface area contributed by atoms with Crippen molar-refractivity contribution in [3.05, 3.63) is 58.1 Å². The molecule has 1 aliphatic heterocycles. The van der Waals surface area contributed by atoms with Crippen LogP contribution in [0.2, 0.25) is 0 Å². The van der Waals surface area contributed by atoms with Crippen molar-refractivity contribution in [2.45, 2.75) is 32.7 Å². The highest BCUT2D eigenvalue weighted by atomic mass is 16.6. The van der Waals surface area contributed by atoms with Crippen LogP contribution in [0.15, 0.2) is 42.5 Å². The van der Waals surface area contributed by atoms with Gasteiger partial charge >= 0.3 is 6.03 Å². The predicted molar refractivity (Wildman–Crippen MR) is 116 cm³/mol. The van der Waals surface area contributed by atoms with Crippen LogP contribution >= 0.6 is 0 Å². The zero-order valence-electron chi connectivity index (χ0n) is 17.0. The smallest absolute Gasteiger partial charge is 0.319 e. The maximum Gasteiger partial charge on any atom is 0.319 e. The Labute approximate surface area is 174 Å². The molecule has 0 bridgehead atoms. The Kier molecular flexibility index (Phi) is 6.51. The number of hydrogen-bond acceptors (Lipinski definition) is 5. The van der Waals surface area contributed by atoms with Crippen LogP contribution in [0.4, 0.5) is 27.5 Å². The molecule has 0 aliphatic carbocycles. The van der Waals surface area contributed by atoms with E-state index < -0.39 is 16.9 Å². The van der Waals surface area contributed by atoms with Gasteiger partial charge in [0.1, 0.15) is 5.69 Å². The number of urea groups is 1. The van der Waals surface area contributed by atoms with Crippen LogP contribution in [0, 0.1) is 10.1 Å². The van der Waals surface area contributed by atoms with E-state index in [1.807, 2.05) is 18.7 Å². The van der Waals surface area contributed by atoms with Crippen molar-refractivity contribution in [1.82, 2.24) is 5.32 Å². The molecule has 0 unspecified atom stereocenters. The molecule has 2 aromatic carbocycles. The summed E-state index contributed by atoms with van der Waals surface area (Å²) in [6, 6.07) is 10.8. The zero-order chi connectivity index (χ0) is 21.7. The molecule has 158 valence electrons. The molecule has 9 heteroatoms. The van der Waals surface area contributed by atoms with Crippen LogP contribution in [0.3, 0.4) is 0 Å². The van der Waals surface area contributed by atoms with Crippen LogP contribution in [0.25, 0.3) is 0 Å². The number of anilines is 3. The molecule has 3 amide bonds. The van der Waals surface area contributed by atoms with Crippen molar-refractivity contribution in [1.29, 1.82) is 0 Å². The van der Waals surface area contributed by atoms with E-state index in [-0.39, 0.29) is 17.3 Å². The fraction of sp³-hybridized carbons (Fsp3) is 0.333. The molecular formula is C21H25N5O4. The predicted octanol–water partition coefficient (Wildman–Crippen LogP) is 3.98. The summed E-state index contributed by atoms with van der Waals surface area (Å²) < 4.78 is 0. The van der Waals surface area contributed by atoms with Gasteiger partial charge in [-0.25, -0.2) is 4.79 Å². The van der Waals surface area contributed by atoms with E-state index in [1.165, 1.54) is 6.07 Å². The third-order valence-corrected chi connectivity index (χ3v) is 4.72. The van der Waals surface area contributed by atoms with Crippen molar-refractivity contribution in [3.8, 4) is 0 Å². The number of nitro benzene ring substituents is 1. The summed E-state index contributed by atoms with van der Waals surface area (Å²) in [6.07, 6.45) is 1.99. The van der Waals surface area contributed by atoms with Gasteiger partial charge in [-0.3, -0.25) is 14.9 Å². The monoisotopic (exact) mass is 411 g/mol. The van der Waals surface area contributed by atoms with Crippen molar-refractivity contribution in [3.63, 3.8) is 0 Å². The lowest BCUT2D eigenvalue weighted by Gasteiger charge is -2.18. The average Bonchev–Trinajstić information content (AvgIpc) is 3.23. The van der Waals surface area contributed by atoms with Crippen LogP contribution in [-0.4, -0.2) is 36.0 Å². The lowest BCUT2D eigenvalue weighted by atomic mass is 10.1. The number of amides is 3. The van der Waals surface area contributed by atoms with Crippen molar-refractivity contribution >= 4 is 34.7 Å². The van der Waals surface area contributed by atoms with Crippen LogP contribution in [0.5, 0.6) is 0 Å². The zero-order valence-corrected chi connectivity index (χ0v) is 17.0. The maximum absolute atomic E-state index is 12.8. The molecule has 3 rings (SSSR count). The molecule has 1 aliphatic rings. The molecule has 0 radical (unpaired) electrons. The quantitative estimate of drug-likeness (QED) is 0.491. The minimum Gasteiger partial charge on any atom is -0.366 e. The van der Waals surface area contributed by atoms with Crippen molar-refractivity contribution in [2.24, 2.45) is 0 Å². The molecule has 0 saturated carbocycles. The van der Waals surface area contributed by atoms with Gasteiger partial charge in [-0.05, 0) is 51.0 Å². The third kappa shape index (κ3) is 5.05. The normalized spacial score (nSPS) is 13.2. The highest BCUT2D eigenvalue weighted by molar-refractivity contribution is 6.07. The number of nitrogens with one attached hydrogen (secondary N) is 3. The Hall–Kier alpha value is -3.62. The van der Waals surface area contributed by atoms with E-state index in [0.29, 0.717) is 17.1 Å². The Morgan fingerprint density at radius 3 is 2.27 bits per heavy atom. The average molecular weight is 411 g/mol. The van der Waals surface area contributed by atoms with Gasteiger partial charge in [-0.15, -0.1) is 0 Å². The number of rotatable bonds is 6. The van der Waals surface area contributed by atoms with E-state index >= 15 is 0 Å². The lowest BCUT2D eigenvalue weighted by molar-refractivity contribution is -0.384. The number of nitro groups is 1. The van der Waals surface area contributed by atoms with Gasteiger partial charge in [0.2, 0.25) is 0 Å². The molecule has 2 aromatic rings. The van der Waals surface area contributed by atoms with Gasteiger partial charge in [0.05, 0.1) is 16.3 Å². The summed E-state index contributed by atoms with van der Waals surface area (Å²) in [5.41, 5.74) is 1.43. The second kappa shape index (κ2) is 9.25. The second-order valence-electron chi connectivity index (χ2n) is 7.41. The largest absolute Gasteiger partial charge is 0.366 e. The number of nitrogens with zero attached hydrogens (tertiary/aromatic N) is 2. The van der Waals surface area contributed by atoms with Crippen molar-refractivity contribution in [2.75, 3.05) is 28.6 Å². The minimum absolute atomic E-state index is 0.0403. The molecule has 1 fully saturated rings. The Morgan fingerprint density at radius 2 is 1.67 bits per heavy atom. The highest BCUT2D eigenvalue weighted by Gasteiger charge is 2.24. The third-order valence-electron chi connectivity index (χ3n) is 4.72. The molecule has 3 N–H and O–H groups in total. The molecule has 1 heterocycles. The number of para-hydroxylation sites is 2.